The number of carbonyl (C=O) groups excluding carboxylic acids is 2. The number of carbonyl (C=O) groups is 2. The van der Waals surface area contributed by atoms with E-state index in [1.165, 1.54) is 16.2 Å². The van der Waals surface area contributed by atoms with Crippen LogP contribution in [0.4, 0.5) is 10.5 Å². The number of para-hydroxylation sites is 1. The number of benzene rings is 1. The maximum Gasteiger partial charge on any atom is 0.416 e. The van der Waals surface area contributed by atoms with Gasteiger partial charge in [-0.15, -0.1) is 11.3 Å². The fraction of sp³-hybridized carbons (Fsp3) is 0.143. The number of anilines is 1. The minimum Gasteiger partial charge on any atom is -0.423 e. The smallest absolute Gasteiger partial charge is 0.416 e. The van der Waals surface area contributed by atoms with Crippen molar-refractivity contribution in [2.45, 2.75) is 6.23 Å². The van der Waals surface area contributed by atoms with Gasteiger partial charge in [-0.3, -0.25) is 9.69 Å². The van der Waals surface area contributed by atoms with Crippen molar-refractivity contribution in [3.63, 3.8) is 0 Å². The van der Waals surface area contributed by atoms with Crippen LogP contribution in [0.3, 0.4) is 0 Å². The van der Waals surface area contributed by atoms with E-state index in [0.29, 0.717) is 9.21 Å². The van der Waals surface area contributed by atoms with E-state index in [2.05, 4.69) is 5.32 Å². The molecule has 108 valence electrons. The maximum absolute atomic E-state index is 12.0. The van der Waals surface area contributed by atoms with Crippen molar-refractivity contribution in [1.29, 1.82) is 0 Å². The molecule has 7 heteroatoms. The molecule has 2 heterocycles. The topological polar surface area (TPSA) is 58.6 Å². The molecule has 1 atom stereocenters. The highest BCUT2D eigenvalue weighted by Gasteiger charge is 2.33. The SMILES string of the molecule is O=C(NC1CN(c2ccccc2)C(=O)O1)c1ccc(Cl)s1. The van der Waals surface area contributed by atoms with Crippen LogP contribution in [0.2, 0.25) is 4.34 Å². The predicted octanol–water partition coefficient (Wildman–Crippen LogP) is 3.11. The lowest BCUT2D eigenvalue weighted by molar-refractivity contribution is 0.0807. The largest absolute Gasteiger partial charge is 0.423 e. The fourth-order valence-electron chi connectivity index (χ4n) is 2.01. The van der Waals surface area contributed by atoms with Crippen molar-refractivity contribution in [2.24, 2.45) is 0 Å². The molecule has 0 aliphatic carbocycles. The molecule has 3 rings (SSSR count). The van der Waals surface area contributed by atoms with Gasteiger partial charge in [-0.05, 0) is 24.3 Å². The Hall–Kier alpha value is -2.05. The average molecular weight is 323 g/mol. The Morgan fingerprint density at radius 1 is 1.29 bits per heavy atom. The molecule has 0 saturated carbocycles. The van der Waals surface area contributed by atoms with E-state index in [4.69, 9.17) is 16.3 Å². The molecular weight excluding hydrogens is 312 g/mol. The van der Waals surface area contributed by atoms with Crippen molar-refractivity contribution in [3.8, 4) is 0 Å². The van der Waals surface area contributed by atoms with E-state index in [1.807, 2.05) is 30.3 Å². The summed E-state index contributed by atoms with van der Waals surface area (Å²) in [5.74, 6) is -0.306. The second kappa shape index (κ2) is 5.75. The molecule has 1 aromatic heterocycles. The molecule has 1 N–H and O–H groups in total. The number of thiophene rings is 1. The van der Waals surface area contributed by atoms with Crippen LogP contribution in [0.5, 0.6) is 0 Å². The van der Waals surface area contributed by atoms with Gasteiger partial charge in [0.15, 0.2) is 6.23 Å². The lowest BCUT2D eigenvalue weighted by Gasteiger charge is -2.12. The zero-order chi connectivity index (χ0) is 14.8. The van der Waals surface area contributed by atoms with Crippen LogP contribution in [-0.2, 0) is 4.74 Å². The maximum atomic E-state index is 12.0. The van der Waals surface area contributed by atoms with E-state index in [9.17, 15) is 9.59 Å². The quantitative estimate of drug-likeness (QED) is 0.944. The van der Waals surface area contributed by atoms with Gasteiger partial charge < -0.3 is 10.1 Å². The highest BCUT2D eigenvalue weighted by atomic mass is 35.5. The second-order valence-corrected chi connectivity index (χ2v) is 6.11. The Morgan fingerprint density at radius 3 is 2.71 bits per heavy atom. The van der Waals surface area contributed by atoms with Gasteiger partial charge in [-0.1, -0.05) is 29.8 Å². The average Bonchev–Trinajstić information content (AvgIpc) is 3.06. The molecular formula is C14H11ClN2O3S. The third-order valence-corrected chi connectivity index (χ3v) is 4.20. The van der Waals surface area contributed by atoms with Gasteiger partial charge in [0.05, 0.1) is 15.8 Å². The minimum atomic E-state index is -0.675. The van der Waals surface area contributed by atoms with E-state index in [1.54, 1.807) is 12.1 Å². The number of ether oxygens (including phenoxy) is 1. The number of rotatable bonds is 3. The van der Waals surface area contributed by atoms with Crippen LogP contribution in [0.25, 0.3) is 0 Å². The standard InChI is InChI=1S/C14H11ClN2O3S/c15-11-7-6-10(21-11)13(18)16-12-8-17(14(19)20-12)9-4-2-1-3-5-9/h1-7,12H,8H2,(H,16,18). The first kappa shape index (κ1) is 13.9. The van der Waals surface area contributed by atoms with Crippen molar-refractivity contribution in [3.05, 3.63) is 51.7 Å². The molecule has 1 aromatic carbocycles. The first-order valence-electron chi connectivity index (χ1n) is 6.23. The van der Waals surface area contributed by atoms with E-state index < -0.39 is 12.3 Å². The number of nitrogens with zero attached hydrogens (tertiary/aromatic N) is 1. The number of halogens is 1. The van der Waals surface area contributed by atoms with Crippen LogP contribution in [0, 0.1) is 0 Å². The third-order valence-electron chi connectivity index (χ3n) is 2.97. The summed E-state index contributed by atoms with van der Waals surface area (Å²) in [5, 5.41) is 2.67. The fourth-order valence-corrected chi connectivity index (χ4v) is 2.96. The highest BCUT2D eigenvalue weighted by Crippen LogP contribution is 2.23. The minimum absolute atomic E-state index is 0.272. The highest BCUT2D eigenvalue weighted by molar-refractivity contribution is 7.18. The summed E-state index contributed by atoms with van der Waals surface area (Å²) in [6.07, 6.45) is -1.15. The van der Waals surface area contributed by atoms with Crippen LogP contribution < -0.4 is 10.2 Å². The summed E-state index contributed by atoms with van der Waals surface area (Å²) in [4.78, 5) is 25.8. The zero-order valence-electron chi connectivity index (χ0n) is 10.8. The van der Waals surface area contributed by atoms with Gasteiger partial charge in [-0.25, -0.2) is 4.79 Å². The van der Waals surface area contributed by atoms with Gasteiger partial charge in [0.2, 0.25) is 0 Å². The summed E-state index contributed by atoms with van der Waals surface area (Å²) in [6.45, 7) is 0.272. The molecule has 1 saturated heterocycles. The Labute approximate surface area is 130 Å². The van der Waals surface area contributed by atoms with Crippen molar-refractivity contribution < 1.29 is 14.3 Å². The van der Waals surface area contributed by atoms with E-state index in [-0.39, 0.29) is 12.5 Å². The Balaban J connectivity index is 1.66. The number of cyclic esters (lactones) is 1. The van der Waals surface area contributed by atoms with Gasteiger partial charge >= 0.3 is 6.09 Å². The molecule has 1 aliphatic rings. The first-order chi connectivity index (χ1) is 10.1. The molecule has 0 spiro atoms. The molecule has 2 amide bonds. The zero-order valence-corrected chi connectivity index (χ0v) is 12.4. The van der Waals surface area contributed by atoms with E-state index >= 15 is 0 Å². The van der Waals surface area contributed by atoms with Crippen LogP contribution >= 0.6 is 22.9 Å². The molecule has 5 nitrogen and oxygen atoms in total. The predicted molar refractivity (Wildman–Crippen MR) is 80.9 cm³/mol. The van der Waals surface area contributed by atoms with Gasteiger partial charge in [0, 0.05) is 5.69 Å². The van der Waals surface area contributed by atoms with Crippen LogP contribution in [0.1, 0.15) is 9.67 Å². The van der Waals surface area contributed by atoms with Crippen LogP contribution in [0.15, 0.2) is 42.5 Å². The first-order valence-corrected chi connectivity index (χ1v) is 7.42. The van der Waals surface area contributed by atoms with Crippen molar-refractivity contribution in [2.75, 3.05) is 11.4 Å². The molecule has 2 aromatic rings. The molecule has 21 heavy (non-hydrogen) atoms. The number of hydrogen-bond donors (Lipinski definition) is 1. The molecule has 0 radical (unpaired) electrons. The number of amides is 2. The number of nitrogens with one attached hydrogen (secondary N) is 1. The third kappa shape index (κ3) is 3.01. The summed E-state index contributed by atoms with van der Waals surface area (Å²) in [7, 11) is 0. The van der Waals surface area contributed by atoms with Crippen molar-refractivity contribution >= 4 is 40.6 Å². The Kier molecular flexibility index (Phi) is 3.81. The Morgan fingerprint density at radius 2 is 2.05 bits per heavy atom. The Bertz CT molecular complexity index is 674. The monoisotopic (exact) mass is 322 g/mol. The summed E-state index contributed by atoms with van der Waals surface area (Å²) >= 11 is 6.97. The normalized spacial score (nSPS) is 17.7. The van der Waals surface area contributed by atoms with E-state index in [0.717, 1.165) is 5.69 Å². The lowest BCUT2D eigenvalue weighted by atomic mass is 10.3. The summed E-state index contributed by atoms with van der Waals surface area (Å²) in [6, 6.07) is 12.4. The van der Waals surface area contributed by atoms with Gasteiger partial charge in [0.1, 0.15) is 0 Å². The second-order valence-electron chi connectivity index (χ2n) is 4.40. The molecule has 1 aliphatic heterocycles. The van der Waals surface area contributed by atoms with Gasteiger partial charge in [0.25, 0.3) is 5.91 Å². The number of hydrogen-bond acceptors (Lipinski definition) is 4. The molecule has 1 fully saturated rings. The molecule has 1 unspecified atom stereocenters. The van der Waals surface area contributed by atoms with Crippen molar-refractivity contribution in [1.82, 2.24) is 5.32 Å². The summed E-state index contributed by atoms with van der Waals surface area (Å²) < 4.78 is 5.69. The lowest BCUT2D eigenvalue weighted by Crippen LogP contribution is -2.37. The molecule has 0 bridgehead atoms. The van der Waals surface area contributed by atoms with Gasteiger partial charge in [-0.2, -0.15) is 0 Å². The van der Waals surface area contributed by atoms with Crippen LogP contribution in [-0.4, -0.2) is 24.8 Å². The summed E-state index contributed by atoms with van der Waals surface area (Å²) in [5.41, 5.74) is 0.735.